The lowest BCUT2D eigenvalue weighted by Crippen LogP contribution is -1.96. The van der Waals surface area contributed by atoms with Gasteiger partial charge in [-0.1, -0.05) is 11.6 Å². The maximum absolute atomic E-state index is 6.30. The standard InChI is InChI=1S/C13H16ClN3O/c1-6-5-9(18-4)10(7(2)11(6)14)12-8(3)13(15)17-16-12/h5H,1-4H3,(H3,15,16,17). The number of rotatable bonds is 2. The highest BCUT2D eigenvalue weighted by molar-refractivity contribution is 6.32. The number of aryl methyl sites for hydroxylation is 1. The van der Waals surface area contributed by atoms with Gasteiger partial charge in [-0.15, -0.1) is 0 Å². The number of anilines is 1. The summed E-state index contributed by atoms with van der Waals surface area (Å²) in [7, 11) is 1.64. The fraction of sp³-hybridized carbons (Fsp3) is 0.308. The van der Waals surface area contributed by atoms with E-state index in [2.05, 4.69) is 10.2 Å². The van der Waals surface area contributed by atoms with Crippen molar-refractivity contribution >= 4 is 17.4 Å². The van der Waals surface area contributed by atoms with Gasteiger partial charge in [0.15, 0.2) is 0 Å². The van der Waals surface area contributed by atoms with Crippen LogP contribution in [0.5, 0.6) is 5.75 Å². The lowest BCUT2D eigenvalue weighted by atomic mass is 9.99. The Morgan fingerprint density at radius 3 is 2.44 bits per heavy atom. The second-order valence-corrected chi connectivity index (χ2v) is 4.70. The fourth-order valence-electron chi connectivity index (χ4n) is 2.05. The molecule has 2 aromatic rings. The molecular formula is C13H16ClN3O. The van der Waals surface area contributed by atoms with Gasteiger partial charge in [-0.25, -0.2) is 0 Å². The van der Waals surface area contributed by atoms with Crippen molar-refractivity contribution in [3.8, 4) is 17.0 Å². The number of halogens is 1. The summed E-state index contributed by atoms with van der Waals surface area (Å²) in [5.41, 5.74) is 10.4. The molecule has 1 aromatic carbocycles. The molecule has 0 saturated heterocycles. The first kappa shape index (κ1) is 12.8. The number of aromatic nitrogens is 2. The number of nitrogens with zero attached hydrogens (tertiary/aromatic N) is 1. The van der Waals surface area contributed by atoms with Crippen molar-refractivity contribution in [3.63, 3.8) is 0 Å². The molecule has 2 rings (SSSR count). The van der Waals surface area contributed by atoms with Gasteiger partial charge in [0.25, 0.3) is 0 Å². The van der Waals surface area contributed by atoms with Crippen LogP contribution in [0.4, 0.5) is 5.82 Å². The minimum Gasteiger partial charge on any atom is -0.496 e. The third-order valence-electron chi connectivity index (χ3n) is 3.16. The second-order valence-electron chi connectivity index (χ2n) is 4.32. The summed E-state index contributed by atoms with van der Waals surface area (Å²) in [6, 6.07) is 1.92. The zero-order valence-corrected chi connectivity index (χ0v) is 11.6. The van der Waals surface area contributed by atoms with Crippen molar-refractivity contribution < 1.29 is 4.74 Å². The molecule has 96 valence electrons. The topological polar surface area (TPSA) is 63.9 Å². The van der Waals surface area contributed by atoms with Crippen LogP contribution in [0.2, 0.25) is 5.02 Å². The van der Waals surface area contributed by atoms with Crippen LogP contribution in [0.25, 0.3) is 11.3 Å². The molecular weight excluding hydrogens is 250 g/mol. The highest BCUT2D eigenvalue weighted by Crippen LogP contribution is 2.40. The lowest BCUT2D eigenvalue weighted by molar-refractivity contribution is 0.415. The Balaban J connectivity index is 2.78. The van der Waals surface area contributed by atoms with Crippen molar-refractivity contribution in [2.24, 2.45) is 0 Å². The van der Waals surface area contributed by atoms with E-state index in [0.29, 0.717) is 5.82 Å². The van der Waals surface area contributed by atoms with Gasteiger partial charge < -0.3 is 10.5 Å². The first-order valence-corrected chi connectivity index (χ1v) is 5.99. The number of H-pyrrole nitrogens is 1. The van der Waals surface area contributed by atoms with E-state index in [1.807, 2.05) is 26.8 Å². The van der Waals surface area contributed by atoms with Crippen molar-refractivity contribution in [3.05, 3.63) is 27.8 Å². The van der Waals surface area contributed by atoms with Gasteiger partial charge in [-0.3, -0.25) is 5.10 Å². The summed E-state index contributed by atoms with van der Waals surface area (Å²) < 4.78 is 5.43. The summed E-state index contributed by atoms with van der Waals surface area (Å²) in [6.45, 7) is 5.83. The quantitative estimate of drug-likeness (QED) is 0.876. The van der Waals surface area contributed by atoms with Crippen molar-refractivity contribution in [2.45, 2.75) is 20.8 Å². The molecule has 1 aromatic heterocycles. The first-order chi connectivity index (χ1) is 8.47. The van der Waals surface area contributed by atoms with Gasteiger partial charge in [0, 0.05) is 16.1 Å². The van der Waals surface area contributed by atoms with Crippen LogP contribution in [0.3, 0.4) is 0 Å². The van der Waals surface area contributed by atoms with Gasteiger partial charge in [0.1, 0.15) is 11.6 Å². The average Bonchev–Trinajstić information content (AvgIpc) is 2.67. The molecule has 0 unspecified atom stereocenters. The van der Waals surface area contributed by atoms with Crippen LogP contribution in [-0.2, 0) is 0 Å². The van der Waals surface area contributed by atoms with Crippen LogP contribution < -0.4 is 10.5 Å². The highest BCUT2D eigenvalue weighted by Gasteiger charge is 2.18. The Hall–Kier alpha value is -1.68. The SMILES string of the molecule is COc1cc(C)c(Cl)c(C)c1-c1[nH]nc(N)c1C. The molecule has 0 spiro atoms. The Labute approximate surface area is 111 Å². The van der Waals surface area contributed by atoms with Crippen LogP contribution >= 0.6 is 11.6 Å². The van der Waals surface area contributed by atoms with Gasteiger partial charge in [0.2, 0.25) is 0 Å². The summed E-state index contributed by atoms with van der Waals surface area (Å²) in [5, 5.41) is 7.69. The van der Waals surface area contributed by atoms with Crippen LogP contribution in [-0.4, -0.2) is 17.3 Å². The largest absolute Gasteiger partial charge is 0.496 e. The lowest BCUT2D eigenvalue weighted by Gasteiger charge is -2.14. The summed E-state index contributed by atoms with van der Waals surface area (Å²) in [4.78, 5) is 0. The number of ether oxygens (including phenoxy) is 1. The molecule has 3 N–H and O–H groups in total. The molecule has 0 bridgehead atoms. The molecule has 0 aliphatic carbocycles. The van der Waals surface area contributed by atoms with Crippen molar-refractivity contribution in [2.75, 3.05) is 12.8 Å². The predicted octanol–water partition coefficient (Wildman–Crippen LogP) is 3.25. The average molecular weight is 266 g/mol. The number of aromatic amines is 1. The zero-order valence-electron chi connectivity index (χ0n) is 10.9. The zero-order chi connectivity index (χ0) is 13.4. The number of hydrogen-bond donors (Lipinski definition) is 2. The number of benzene rings is 1. The van der Waals surface area contributed by atoms with E-state index >= 15 is 0 Å². The third-order valence-corrected chi connectivity index (χ3v) is 3.74. The van der Waals surface area contributed by atoms with E-state index in [4.69, 9.17) is 22.1 Å². The Morgan fingerprint density at radius 1 is 1.28 bits per heavy atom. The van der Waals surface area contributed by atoms with Crippen LogP contribution in [0.1, 0.15) is 16.7 Å². The van der Waals surface area contributed by atoms with E-state index in [1.165, 1.54) is 0 Å². The Kier molecular flexibility index (Phi) is 3.22. The van der Waals surface area contributed by atoms with Gasteiger partial charge in [0.05, 0.1) is 12.8 Å². The molecule has 0 aliphatic rings. The molecule has 0 fully saturated rings. The number of methoxy groups -OCH3 is 1. The predicted molar refractivity (Wildman–Crippen MR) is 74.2 cm³/mol. The smallest absolute Gasteiger partial charge is 0.148 e. The summed E-state index contributed by atoms with van der Waals surface area (Å²) in [5.74, 6) is 1.25. The molecule has 0 atom stereocenters. The highest BCUT2D eigenvalue weighted by atomic mass is 35.5. The molecule has 4 nitrogen and oxygen atoms in total. The van der Waals surface area contributed by atoms with E-state index in [1.54, 1.807) is 7.11 Å². The maximum Gasteiger partial charge on any atom is 0.148 e. The van der Waals surface area contributed by atoms with Crippen LogP contribution in [0.15, 0.2) is 6.07 Å². The minimum absolute atomic E-state index is 0.489. The molecule has 0 radical (unpaired) electrons. The maximum atomic E-state index is 6.30. The fourth-order valence-corrected chi connectivity index (χ4v) is 2.20. The van der Waals surface area contributed by atoms with E-state index < -0.39 is 0 Å². The molecule has 0 aliphatic heterocycles. The summed E-state index contributed by atoms with van der Waals surface area (Å²) >= 11 is 6.30. The van der Waals surface area contributed by atoms with E-state index in [0.717, 1.165) is 38.7 Å². The molecule has 18 heavy (non-hydrogen) atoms. The Bertz CT molecular complexity index is 605. The van der Waals surface area contributed by atoms with Gasteiger partial charge >= 0.3 is 0 Å². The molecule has 0 amide bonds. The number of nitrogens with two attached hydrogens (primary N) is 1. The first-order valence-electron chi connectivity index (χ1n) is 5.61. The molecule has 0 saturated carbocycles. The number of hydrogen-bond acceptors (Lipinski definition) is 3. The van der Waals surface area contributed by atoms with Gasteiger partial charge in [-0.05, 0) is 38.0 Å². The van der Waals surface area contributed by atoms with Crippen molar-refractivity contribution in [1.82, 2.24) is 10.2 Å². The van der Waals surface area contributed by atoms with E-state index in [-0.39, 0.29) is 0 Å². The molecule has 1 heterocycles. The number of nitrogen functional groups attached to an aromatic ring is 1. The van der Waals surface area contributed by atoms with Gasteiger partial charge in [-0.2, -0.15) is 5.10 Å². The molecule has 5 heteroatoms. The third kappa shape index (κ3) is 1.82. The summed E-state index contributed by atoms with van der Waals surface area (Å²) in [6.07, 6.45) is 0. The van der Waals surface area contributed by atoms with E-state index in [9.17, 15) is 0 Å². The second kappa shape index (κ2) is 4.53. The number of nitrogens with one attached hydrogen (secondary N) is 1. The Morgan fingerprint density at radius 2 is 1.94 bits per heavy atom. The van der Waals surface area contributed by atoms with Crippen molar-refractivity contribution in [1.29, 1.82) is 0 Å². The van der Waals surface area contributed by atoms with Crippen LogP contribution in [0, 0.1) is 20.8 Å². The monoisotopic (exact) mass is 265 g/mol. The normalized spacial score (nSPS) is 10.7. The minimum atomic E-state index is 0.489.